The zero-order valence-electron chi connectivity index (χ0n) is 8.43. The number of hydrogen-bond donors (Lipinski definition) is 0. The molecule has 1 aromatic rings. The Morgan fingerprint density at radius 1 is 1.53 bits per heavy atom. The van der Waals surface area contributed by atoms with Gasteiger partial charge in [0.2, 0.25) is 0 Å². The van der Waals surface area contributed by atoms with E-state index in [2.05, 4.69) is 15.9 Å². The van der Waals surface area contributed by atoms with Crippen LogP contribution < -0.4 is 4.74 Å². The molecule has 1 aromatic carbocycles. The third-order valence-corrected chi connectivity index (χ3v) is 2.49. The summed E-state index contributed by atoms with van der Waals surface area (Å²) < 4.78 is 18.2. The summed E-state index contributed by atoms with van der Waals surface area (Å²) in [5.74, 6) is 0.142. The monoisotopic (exact) mass is 274 g/mol. The van der Waals surface area contributed by atoms with Gasteiger partial charge < -0.3 is 4.74 Å². The average molecular weight is 275 g/mol. The molecule has 0 radical (unpaired) electrons. The molecule has 0 bridgehead atoms. The van der Waals surface area contributed by atoms with Crippen LogP contribution in [0.15, 0.2) is 18.2 Å². The van der Waals surface area contributed by atoms with Gasteiger partial charge in [0.05, 0.1) is 11.9 Å². The second-order valence-electron chi connectivity index (χ2n) is 3.03. The van der Waals surface area contributed by atoms with Gasteiger partial charge in [0.1, 0.15) is 17.3 Å². The fourth-order valence-corrected chi connectivity index (χ4v) is 1.42. The van der Waals surface area contributed by atoms with Crippen LogP contribution >= 0.6 is 15.9 Å². The summed E-state index contributed by atoms with van der Waals surface area (Å²) in [6.45, 7) is 2.28. The third kappa shape index (κ3) is 3.63. The molecule has 4 heteroatoms. The highest BCUT2D eigenvalue weighted by molar-refractivity contribution is 9.09. The summed E-state index contributed by atoms with van der Waals surface area (Å²) in [5.41, 5.74) is 0.725. The van der Waals surface area contributed by atoms with Gasteiger partial charge >= 0.3 is 0 Å². The lowest BCUT2D eigenvalue weighted by Crippen LogP contribution is -2.06. The van der Waals surface area contributed by atoms with E-state index < -0.39 is 0 Å². The molecule has 0 heterocycles. The van der Waals surface area contributed by atoms with E-state index in [1.54, 1.807) is 6.07 Å². The molecule has 0 spiro atoms. The van der Waals surface area contributed by atoms with Crippen molar-refractivity contribution in [3.05, 3.63) is 29.6 Å². The van der Waals surface area contributed by atoms with Crippen LogP contribution in [0.25, 0.3) is 0 Å². The lowest BCUT2D eigenvalue weighted by Gasteiger charge is -2.08. The maximum Gasteiger partial charge on any atom is 0.147 e. The van der Waals surface area contributed by atoms with Gasteiger partial charge in [-0.2, -0.15) is 0 Å². The minimum absolute atomic E-state index is 0.0440. The molecule has 0 aliphatic carbocycles. The van der Waals surface area contributed by atoms with Crippen molar-refractivity contribution in [1.82, 2.24) is 0 Å². The van der Waals surface area contributed by atoms with Gasteiger partial charge in [-0.1, -0.05) is 22.0 Å². The number of ketones is 1. The highest BCUT2D eigenvalue weighted by atomic mass is 79.9. The molecule has 0 unspecified atom stereocenters. The highest BCUT2D eigenvalue weighted by Gasteiger charge is 2.09. The van der Waals surface area contributed by atoms with Crippen molar-refractivity contribution < 1.29 is 13.9 Å². The number of benzene rings is 1. The van der Waals surface area contributed by atoms with E-state index in [0.29, 0.717) is 17.7 Å². The normalized spacial score (nSPS) is 10.1. The van der Waals surface area contributed by atoms with Gasteiger partial charge in [0, 0.05) is 18.1 Å². The maximum absolute atomic E-state index is 12.9. The van der Waals surface area contributed by atoms with E-state index in [1.165, 1.54) is 12.1 Å². The molecular formula is C11H12BrFO2. The van der Waals surface area contributed by atoms with Crippen molar-refractivity contribution in [2.45, 2.75) is 13.3 Å². The first-order valence-corrected chi connectivity index (χ1v) is 5.78. The van der Waals surface area contributed by atoms with E-state index >= 15 is 0 Å². The van der Waals surface area contributed by atoms with Crippen molar-refractivity contribution >= 4 is 21.7 Å². The van der Waals surface area contributed by atoms with Crippen molar-refractivity contribution in [1.29, 1.82) is 0 Å². The van der Waals surface area contributed by atoms with Gasteiger partial charge in [-0.3, -0.25) is 4.79 Å². The molecule has 0 aliphatic rings. The zero-order chi connectivity index (χ0) is 11.3. The highest BCUT2D eigenvalue weighted by Crippen LogP contribution is 2.20. The van der Waals surface area contributed by atoms with Crippen LogP contribution in [-0.2, 0) is 11.2 Å². The Bertz CT molecular complexity index is 352. The van der Waals surface area contributed by atoms with Crippen molar-refractivity contribution in [3.8, 4) is 5.75 Å². The first-order chi connectivity index (χ1) is 7.17. The van der Waals surface area contributed by atoms with Gasteiger partial charge in [-0.15, -0.1) is 0 Å². The molecule has 15 heavy (non-hydrogen) atoms. The number of Topliss-reactive ketones (excluding diaryl/α,β-unsaturated/α-hetero) is 1. The fraction of sp³-hybridized carbons (Fsp3) is 0.364. The van der Waals surface area contributed by atoms with Gasteiger partial charge in [-0.25, -0.2) is 4.39 Å². The molecule has 2 nitrogen and oxygen atoms in total. The predicted octanol–water partition coefficient (Wildman–Crippen LogP) is 2.73. The number of halogens is 2. The minimum Gasteiger partial charge on any atom is -0.493 e. The van der Waals surface area contributed by atoms with Gasteiger partial charge in [-0.05, 0) is 13.0 Å². The first kappa shape index (κ1) is 12.2. The molecule has 0 saturated carbocycles. The van der Waals surface area contributed by atoms with Crippen molar-refractivity contribution in [2.24, 2.45) is 0 Å². The van der Waals surface area contributed by atoms with E-state index in [4.69, 9.17) is 4.74 Å². The van der Waals surface area contributed by atoms with Crippen LogP contribution in [0.1, 0.15) is 12.5 Å². The summed E-state index contributed by atoms with van der Waals surface area (Å²) in [6, 6.07) is 4.22. The average Bonchev–Trinajstić information content (AvgIpc) is 2.22. The van der Waals surface area contributed by atoms with E-state index in [9.17, 15) is 9.18 Å². The number of ether oxygens (including phenoxy) is 1. The third-order valence-electron chi connectivity index (χ3n) is 1.87. The Morgan fingerprint density at radius 3 is 2.87 bits per heavy atom. The Morgan fingerprint density at radius 2 is 2.27 bits per heavy atom. The number of hydrogen-bond acceptors (Lipinski definition) is 2. The van der Waals surface area contributed by atoms with Crippen LogP contribution in [0.3, 0.4) is 0 Å². The van der Waals surface area contributed by atoms with E-state index in [1.807, 2.05) is 6.92 Å². The summed E-state index contributed by atoms with van der Waals surface area (Å²) in [7, 11) is 0. The number of rotatable bonds is 5. The molecule has 0 aromatic heterocycles. The largest absolute Gasteiger partial charge is 0.493 e. The molecule has 0 amide bonds. The number of carbonyl (C=O) groups is 1. The smallest absolute Gasteiger partial charge is 0.147 e. The lowest BCUT2D eigenvalue weighted by atomic mass is 10.1. The van der Waals surface area contributed by atoms with Crippen LogP contribution in [0, 0.1) is 5.82 Å². The predicted molar refractivity (Wildman–Crippen MR) is 60.1 cm³/mol. The summed E-state index contributed by atoms with van der Waals surface area (Å²) in [5, 5.41) is 0.302. The Hall–Kier alpha value is -0.900. The second-order valence-corrected chi connectivity index (χ2v) is 3.59. The molecule has 0 aliphatic heterocycles. The fourth-order valence-electron chi connectivity index (χ4n) is 1.22. The molecule has 82 valence electrons. The first-order valence-electron chi connectivity index (χ1n) is 4.66. The lowest BCUT2D eigenvalue weighted by molar-refractivity contribution is -0.115. The molecule has 0 atom stereocenters. The standard InChI is InChI=1S/C11H12BrFO2/c1-2-15-11-6-9(13)4-3-8(11)5-10(14)7-12/h3-4,6H,2,5,7H2,1H3. The van der Waals surface area contributed by atoms with Crippen molar-refractivity contribution in [3.63, 3.8) is 0 Å². The zero-order valence-corrected chi connectivity index (χ0v) is 10.0. The molecule has 0 saturated heterocycles. The summed E-state index contributed by atoms with van der Waals surface area (Å²) in [6.07, 6.45) is 0.265. The Kier molecular flexibility index (Phi) is 4.75. The number of alkyl halides is 1. The SMILES string of the molecule is CCOc1cc(F)ccc1CC(=O)CBr. The summed E-state index contributed by atoms with van der Waals surface area (Å²) in [4.78, 5) is 11.2. The van der Waals surface area contributed by atoms with E-state index in [0.717, 1.165) is 5.56 Å². The molecule has 0 N–H and O–H groups in total. The Labute approximate surface area is 96.6 Å². The molecule has 1 rings (SSSR count). The van der Waals surface area contributed by atoms with E-state index in [-0.39, 0.29) is 18.0 Å². The van der Waals surface area contributed by atoms with Crippen LogP contribution in [0.2, 0.25) is 0 Å². The Balaban J connectivity index is 2.89. The van der Waals surface area contributed by atoms with Crippen LogP contribution in [0.4, 0.5) is 4.39 Å². The topological polar surface area (TPSA) is 26.3 Å². The quantitative estimate of drug-likeness (QED) is 0.772. The minimum atomic E-state index is -0.353. The van der Waals surface area contributed by atoms with Crippen LogP contribution in [0.5, 0.6) is 5.75 Å². The van der Waals surface area contributed by atoms with Gasteiger partial charge in [0.15, 0.2) is 0 Å². The molecule has 0 fully saturated rings. The van der Waals surface area contributed by atoms with Gasteiger partial charge in [0.25, 0.3) is 0 Å². The summed E-state index contributed by atoms with van der Waals surface area (Å²) >= 11 is 3.09. The van der Waals surface area contributed by atoms with Crippen LogP contribution in [-0.4, -0.2) is 17.7 Å². The second kappa shape index (κ2) is 5.85. The maximum atomic E-state index is 12.9. The van der Waals surface area contributed by atoms with Crippen molar-refractivity contribution in [2.75, 3.05) is 11.9 Å². The number of carbonyl (C=O) groups excluding carboxylic acids is 1. The molecular weight excluding hydrogens is 263 g/mol.